The van der Waals surface area contributed by atoms with Gasteiger partial charge in [-0.25, -0.2) is 4.39 Å². The fourth-order valence-corrected chi connectivity index (χ4v) is 2.20. The van der Waals surface area contributed by atoms with Gasteiger partial charge in [-0.15, -0.1) is 0 Å². The lowest BCUT2D eigenvalue weighted by molar-refractivity contribution is 0.465. The van der Waals surface area contributed by atoms with Gasteiger partial charge in [-0.1, -0.05) is 0 Å². The summed E-state index contributed by atoms with van der Waals surface area (Å²) in [4.78, 5) is 11.5. The van der Waals surface area contributed by atoms with Crippen LogP contribution in [0.15, 0.2) is 23.0 Å². The summed E-state index contributed by atoms with van der Waals surface area (Å²) in [6, 6.07) is 3.94. The Hall–Kier alpha value is -1.84. The molecule has 0 aliphatic carbocycles. The van der Waals surface area contributed by atoms with Crippen molar-refractivity contribution in [2.24, 2.45) is 0 Å². The van der Waals surface area contributed by atoms with E-state index in [1.807, 2.05) is 0 Å². The average molecular weight is 205 g/mol. The third-order valence-corrected chi connectivity index (χ3v) is 2.88. The summed E-state index contributed by atoms with van der Waals surface area (Å²) in [7, 11) is 0. The highest BCUT2D eigenvalue weighted by atomic mass is 19.1. The van der Waals surface area contributed by atoms with Crippen molar-refractivity contribution in [3.63, 3.8) is 0 Å². The van der Waals surface area contributed by atoms with Crippen molar-refractivity contribution in [2.45, 2.75) is 13.0 Å². The van der Waals surface area contributed by atoms with Gasteiger partial charge < -0.3 is 9.67 Å². The molecule has 0 saturated heterocycles. The number of pyridine rings is 1. The van der Waals surface area contributed by atoms with Gasteiger partial charge in [-0.3, -0.25) is 4.79 Å². The van der Waals surface area contributed by atoms with Crippen molar-refractivity contribution in [1.82, 2.24) is 4.57 Å². The van der Waals surface area contributed by atoms with Crippen LogP contribution in [0.3, 0.4) is 0 Å². The standard InChI is InChI=1S/C11H8FNO2/c12-8-5-9(14)7-3-4-13-10(15)2-1-6(8)11(7)13/h1-2,5,14H,3-4H2. The number of halogens is 1. The molecule has 0 amide bonds. The Morgan fingerprint density at radius 2 is 2.20 bits per heavy atom. The first-order valence-corrected chi connectivity index (χ1v) is 4.72. The molecule has 76 valence electrons. The molecule has 0 spiro atoms. The van der Waals surface area contributed by atoms with E-state index in [-0.39, 0.29) is 11.3 Å². The van der Waals surface area contributed by atoms with Crippen molar-refractivity contribution in [1.29, 1.82) is 0 Å². The summed E-state index contributed by atoms with van der Waals surface area (Å²) >= 11 is 0. The first-order chi connectivity index (χ1) is 7.18. The van der Waals surface area contributed by atoms with Crippen LogP contribution in [-0.2, 0) is 13.0 Å². The van der Waals surface area contributed by atoms with Gasteiger partial charge in [0.05, 0.1) is 5.52 Å². The number of nitrogens with zero attached hydrogens (tertiary/aromatic N) is 1. The van der Waals surface area contributed by atoms with Gasteiger partial charge in [0, 0.05) is 29.6 Å². The van der Waals surface area contributed by atoms with Crippen molar-refractivity contribution in [2.75, 3.05) is 0 Å². The second kappa shape index (κ2) is 2.59. The third kappa shape index (κ3) is 0.960. The van der Waals surface area contributed by atoms with Crippen LogP contribution in [0.5, 0.6) is 5.75 Å². The maximum atomic E-state index is 13.5. The molecule has 0 atom stereocenters. The molecule has 15 heavy (non-hydrogen) atoms. The quantitative estimate of drug-likeness (QED) is 0.706. The highest BCUT2D eigenvalue weighted by Gasteiger charge is 2.20. The van der Waals surface area contributed by atoms with E-state index in [0.29, 0.717) is 29.4 Å². The Bertz CT molecular complexity index is 631. The molecule has 0 radical (unpaired) electrons. The molecule has 0 unspecified atom stereocenters. The molecular weight excluding hydrogens is 197 g/mol. The van der Waals surface area contributed by atoms with E-state index < -0.39 is 5.82 Å². The summed E-state index contributed by atoms with van der Waals surface area (Å²) in [5, 5.41) is 9.96. The number of hydrogen-bond donors (Lipinski definition) is 1. The van der Waals surface area contributed by atoms with Crippen LogP contribution in [0.2, 0.25) is 0 Å². The molecule has 1 aliphatic heterocycles. The second-order valence-electron chi connectivity index (χ2n) is 3.69. The molecule has 1 aliphatic rings. The Labute approximate surface area is 84.4 Å². The minimum atomic E-state index is -0.484. The van der Waals surface area contributed by atoms with E-state index >= 15 is 0 Å². The number of hydrogen-bond acceptors (Lipinski definition) is 2. The summed E-state index contributed by atoms with van der Waals surface area (Å²) in [6.45, 7) is 0.516. The average Bonchev–Trinajstić information content (AvgIpc) is 2.62. The van der Waals surface area contributed by atoms with Gasteiger partial charge in [0.15, 0.2) is 0 Å². The Kier molecular flexibility index (Phi) is 1.46. The summed E-state index contributed by atoms with van der Waals surface area (Å²) in [5.41, 5.74) is 1.07. The number of phenolic OH excluding ortho intramolecular Hbond substituents is 1. The predicted molar refractivity (Wildman–Crippen MR) is 53.5 cm³/mol. The fraction of sp³-hybridized carbons (Fsp3) is 0.182. The smallest absolute Gasteiger partial charge is 0.251 e. The van der Waals surface area contributed by atoms with E-state index in [4.69, 9.17) is 0 Å². The van der Waals surface area contributed by atoms with Gasteiger partial charge in [0.2, 0.25) is 0 Å². The minimum absolute atomic E-state index is 0.0585. The van der Waals surface area contributed by atoms with Crippen LogP contribution in [-0.4, -0.2) is 9.67 Å². The van der Waals surface area contributed by atoms with Crippen LogP contribution in [0.4, 0.5) is 4.39 Å². The molecule has 0 fully saturated rings. The van der Waals surface area contributed by atoms with E-state index in [0.717, 1.165) is 6.07 Å². The number of phenols is 1. The molecule has 0 saturated carbocycles. The van der Waals surface area contributed by atoms with Crippen molar-refractivity contribution < 1.29 is 9.50 Å². The SMILES string of the molecule is O=c1ccc2c(F)cc(O)c3c2n1CC3. The topological polar surface area (TPSA) is 42.2 Å². The van der Waals surface area contributed by atoms with Gasteiger partial charge in [0.1, 0.15) is 11.6 Å². The van der Waals surface area contributed by atoms with E-state index in [2.05, 4.69) is 0 Å². The van der Waals surface area contributed by atoms with Crippen LogP contribution < -0.4 is 5.56 Å². The number of aromatic hydroxyl groups is 1. The largest absolute Gasteiger partial charge is 0.507 e. The van der Waals surface area contributed by atoms with Crippen LogP contribution >= 0.6 is 0 Å². The van der Waals surface area contributed by atoms with Crippen LogP contribution in [0.1, 0.15) is 5.56 Å². The Balaban J connectivity index is 2.64. The minimum Gasteiger partial charge on any atom is -0.507 e. The van der Waals surface area contributed by atoms with Crippen molar-refractivity contribution in [3.05, 3.63) is 39.9 Å². The Morgan fingerprint density at radius 3 is 3.00 bits per heavy atom. The predicted octanol–water partition coefficient (Wildman–Crippen LogP) is 1.40. The second-order valence-corrected chi connectivity index (χ2v) is 3.69. The number of aryl methyl sites for hydroxylation is 2. The molecule has 3 rings (SSSR count). The van der Waals surface area contributed by atoms with Crippen LogP contribution in [0.25, 0.3) is 10.9 Å². The third-order valence-electron chi connectivity index (χ3n) is 2.88. The zero-order valence-electron chi connectivity index (χ0n) is 7.83. The number of rotatable bonds is 0. The lowest BCUT2D eigenvalue weighted by atomic mass is 10.1. The normalized spacial score (nSPS) is 13.7. The molecule has 1 aromatic heterocycles. The molecule has 2 heterocycles. The molecule has 4 heteroatoms. The fourth-order valence-electron chi connectivity index (χ4n) is 2.20. The first kappa shape index (κ1) is 8.47. The van der Waals surface area contributed by atoms with Crippen molar-refractivity contribution >= 4 is 10.9 Å². The van der Waals surface area contributed by atoms with Gasteiger partial charge in [-0.05, 0) is 12.5 Å². The van der Waals surface area contributed by atoms with Gasteiger partial charge in [-0.2, -0.15) is 0 Å². The first-order valence-electron chi connectivity index (χ1n) is 4.72. The highest BCUT2D eigenvalue weighted by Crippen LogP contribution is 2.32. The van der Waals surface area contributed by atoms with Gasteiger partial charge in [0.25, 0.3) is 5.56 Å². The molecule has 3 nitrogen and oxygen atoms in total. The van der Waals surface area contributed by atoms with E-state index in [9.17, 15) is 14.3 Å². The molecule has 2 aromatic rings. The van der Waals surface area contributed by atoms with Crippen LogP contribution in [0, 0.1) is 5.82 Å². The lowest BCUT2D eigenvalue weighted by Gasteiger charge is -2.05. The summed E-state index contributed by atoms with van der Waals surface area (Å²) in [6.07, 6.45) is 0.585. The van der Waals surface area contributed by atoms with E-state index in [1.165, 1.54) is 16.7 Å². The molecule has 0 bridgehead atoms. The summed E-state index contributed by atoms with van der Waals surface area (Å²) in [5.74, 6) is -0.543. The van der Waals surface area contributed by atoms with Gasteiger partial charge >= 0.3 is 0 Å². The Morgan fingerprint density at radius 1 is 1.40 bits per heavy atom. The molecule has 1 N–H and O–H groups in total. The summed E-state index contributed by atoms with van der Waals surface area (Å²) < 4.78 is 15.0. The molecule has 1 aromatic carbocycles. The number of aromatic nitrogens is 1. The van der Waals surface area contributed by atoms with E-state index in [1.54, 1.807) is 0 Å². The van der Waals surface area contributed by atoms with Crippen molar-refractivity contribution in [3.8, 4) is 5.75 Å². The monoisotopic (exact) mass is 205 g/mol. The lowest BCUT2D eigenvalue weighted by Crippen LogP contribution is -2.16. The number of benzene rings is 1. The highest BCUT2D eigenvalue weighted by molar-refractivity contribution is 5.86. The molecular formula is C11H8FNO2. The maximum Gasteiger partial charge on any atom is 0.251 e. The zero-order chi connectivity index (χ0) is 10.6. The maximum absolute atomic E-state index is 13.5. The zero-order valence-corrected chi connectivity index (χ0v) is 7.83.